The number of alkyl halides is 2. The number of hydrogen-bond acceptors (Lipinski definition) is 0. The fourth-order valence-electron chi connectivity index (χ4n) is 3.48. The molecule has 0 spiro atoms. The quantitative estimate of drug-likeness (QED) is 0.250. The summed E-state index contributed by atoms with van der Waals surface area (Å²) in [7, 11) is 0. The highest BCUT2D eigenvalue weighted by molar-refractivity contribution is 5.84. The van der Waals surface area contributed by atoms with E-state index in [0.29, 0.717) is 6.42 Å². The fourth-order valence-corrected chi connectivity index (χ4v) is 3.48. The molecule has 27 heavy (non-hydrogen) atoms. The summed E-state index contributed by atoms with van der Waals surface area (Å²) in [5.41, 5.74) is -1.95. The molecule has 3 unspecified atom stereocenters. The van der Waals surface area contributed by atoms with Crippen LogP contribution in [0.15, 0.2) is 36.9 Å². The van der Waals surface area contributed by atoms with Crippen LogP contribution in [0.3, 0.4) is 0 Å². The summed E-state index contributed by atoms with van der Waals surface area (Å²) in [4.78, 5) is 0. The molecule has 0 N–H and O–H groups in total. The Morgan fingerprint density at radius 2 is 1.96 bits per heavy atom. The van der Waals surface area contributed by atoms with Gasteiger partial charge in [0.1, 0.15) is 6.17 Å². The average Bonchev–Trinajstić information content (AvgIpc) is 2.65. The molecule has 0 radical (unpaired) electrons. The lowest BCUT2D eigenvalue weighted by molar-refractivity contribution is 0.0365. The minimum Gasteiger partial charge on any atom is -0.243 e. The summed E-state index contributed by atoms with van der Waals surface area (Å²) in [6, 6.07) is 4.82. The SMILES string of the molecule is C=CCCC1CCC(F)(C#Cc2ccc3c(F)c(F)c(F)cc3c2)C(F)C1. The highest BCUT2D eigenvalue weighted by atomic mass is 19.2. The molecular formula is C22H19F5. The first-order valence-electron chi connectivity index (χ1n) is 8.88. The van der Waals surface area contributed by atoms with Crippen molar-refractivity contribution in [3.8, 4) is 11.8 Å². The van der Waals surface area contributed by atoms with Crippen LogP contribution >= 0.6 is 0 Å². The molecule has 1 aliphatic carbocycles. The molecule has 0 nitrogen and oxygen atoms in total. The molecule has 1 saturated carbocycles. The maximum Gasteiger partial charge on any atom is 0.202 e. The van der Waals surface area contributed by atoms with Gasteiger partial charge in [-0.25, -0.2) is 22.0 Å². The molecular weight excluding hydrogens is 359 g/mol. The first-order valence-corrected chi connectivity index (χ1v) is 8.88. The number of halogens is 5. The average molecular weight is 378 g/mol. The van der Waals surface area contributed by atoms with E-state index < -0.39 is 29.3 Å². The summed E-state index contributed by atoms with van der Waals surface area (Å²) in [6.45, 7) is 3.64. The van der Waals surface area contributed by atoms with Crippen molar-refractivity contribution < 1.29 is 22.0 Å². The third kappa shape index (κ3) is 4.00. The number of hydrogen-bond donors (Lipinski definition) is 0. The Labute approximate surface area is 155 Å². The van der Waals surface area contributed by atoms with Gasteiger partial charge in [-0.15, -0.1) is 6.58 Å². The molecule has 0 heterocycles. The zero-order chi connectivity index (χ0) is 19.6. The van der Waals surface area contributed by atoms with Crippen LogP contribution in [0, 0.1) is 35.2 Å². The molecule has 0 amide bonds. The van der Waals surface area contributed by atoms with Crippen molar-refractivity contribution in [1.82, 2.24) is 0 Å². The number of rotatable bonds is 3. The molecule has 5 heteroatoms. The van der Waals surface area contributed by atoms with Crippen LogP contribution < -0.4 is 0 Å². The van der Waals surface area contributed by atoms with Crippen LogP contribution in [-0.4, -0.2) is 11.8 Å². The minimum atomic E-state index is -2.24. The molecule has 0 aliphatic heterocycles. The van der Waals surface area contributed by atoms with Gasteiger partial charge in [0.05, 0.1) is 0 Å². The Morgan fingerprint density at radius 3 is 2.67 bits per heavy atom. The van der Waals surface area contributed by atoms with Crippen LogP contribution in [-0.2, 0) is 0 Å². The molecule has 1 aliphatic rings. The Hall–Kier alpha value is -2.35. The lowest BCUT2D eigenvalue weighted by atomic mass is 9.77. The second-order valence-corrected chi connectivity index (χ2v) is 7.01. The monoisotopic (exact) mass is 378 g/mol. The van der Waals surface area contributed by atoms with E-state index in [-0.39, 0.29) is 35.1 Å². The number of allylic oxidation sites excluding steroid dienone is 1. The highest BCUT2D eigenvalue weighted by Crippen LogP contribution is 2.39. The van der Waals surface area contributed by atoms with Crippen LogP contribution in [0.1, 0.15) is 37.7 Å². The smallest absolute Gasteiger partial charge is 0.202 e. The predicted octanol–water partition coefficient (Wildman–Crippen LogP) is 6.42. The molecule has 2 aromatic rings. The zero-order valence-electron chi connectivity index (χ0n) is 14.7. The van der Waals surface area contributed by atoms with Crippen molar-refractivity contribution in [3.63, 3.8) is 0 Å². The lowest BCUT2D eigenvalue weighted by Crippen LogP contribution is -2.39. The standard InChI is InChI=1S/C22H19F5/c1-2-3-4-14-7-9-22(27,19(24)12-14)10-8-15-5-6-17-16(11-15)13-18(23)21(26)20(17)25/h2,5-6,11,13-14,19H,1,3-4,7,9,12H2. The molecule has 3 atom stereocenters. The van der Waals surface area contributed by atoms with Gasteiger partial charge in [0.2, 0.25) is 5.67 Å². The van der Waals surface area contributed by atoms with Crippen LogP contribution in [0.2, 0.25) is 0 Å². The Balaban J connectivity index is 1.83. The summed E-state index contributed by atoms with van der Waals surface area (Å²) < 4.78 is 69.7. The van der Waals surface area contributed by atoms with Crippen molar-refractivity contribution in [2.45, 2.75) is 43.9 Å². The van der Waals surface area contributed by atoms with Crippen molar-refractivity contribution in [1.29, 1.82) is 0 Å². The van der Waals surface area contributed by atoms with Gasteiger partial charge in [-0.1, -0.05) is 24.0 Å². The van der Waals surface area contributed by atoms with E-state index in [4.69, 9.17) is 0 Å². The first-order chi connectivity index (χ1) is 12.8. The first kappa shape index (κ1) is 19.4. The van der Waals surface area contributed by atoms with Crippen molar-refractivity contribution in [3.05, 3.63) is 59.9 Å². The van der Waals surface area contributed by atoms with Crippen LogP contribution in [0.4, 0.5) is 22.0 Å². The second kappa shape index (κ2) is 7.72. The van der Waals surface area contributed by atoms with Gasteiger partial charge in [0, 0.05) is 10.9 Å². The summed E-state index contributed by atoms with van der Waals surface area (Å²) >= 11 is 0. The fraction of sp³-hybridized carbons (Fsp3) is 0.364. The molecule has 1 fully saturated rings. The van der Waals surface area contributed by atoms with Gasteiger partial charge < -0.3 is 0 Å². The van der Waals surface area contributed by atoms with E-state index in [1.54, 1.807) is 6.08 Å². The minimum absolute atomic E-state index is 0.00499. The summed E-state index contributed by atoms with van der Waals surface area (Å²) in [5.74, 6) is 0.918. The van der Waals surface area contributed by atoms with E-state index in [0.717, 1.165) is 18.9 Å². The van der Waals surface area contributed by atoms with Gasteiger partial charge in [-0.05, 0) is 61.6 Å². The van der Waals surface area contributed by atoms with Crippen LogP contribution in [0.25, 0.3) is 10.8 Å². The van der Waals surface area contributed by atoms with E-state index in [1.165, 1.54) is 18.2 Å². The lowest BCUT2D eigenvalue weighted by Gasteiger charge is -2.33. The predicted molar refractivity (Wildman–Crippen MR) is 96.2 cm³/mol. The molecule has 3 rings (SSSR count). The topological polar surface area (TPSA) is 0 Å². The number of benzene rings is 2. The largest absolute Gasteiger partial charge is 0.243 e. The molecule has 0 bridgehead atoms. The van der Waals surface area contributed by atoms with Gasteiger partial charge in [0.15, 0.2) is 17.5 Å². The van der Waals surface area contributed by atoms with E-state index in [1.807, 2.05) is 0 Å². The Morgan fingerprint density at radius 1 is 1.19 bits per heavy atom. The highest BCUT2D eigenvalue weighted by Gasteiger charge is 2.43. The third-order valence-corrected chi connectivity index (χ3v) is 5.12. The Kier molecular flexibility index (Phi) is 5.55. The van der Waals surface area contributed by atoms with Crippen molar-refractivity contribution in [2.75, 3.05) is 0 Å². The maximum absolute atomic E-state index is 14.9. The third-order valence-electron chi connectivity index (χ3n) is 5.12. The second-order valence-electron chi connectivity index (χ2n) is 7.01. The van der Waals surface area contributed by atoms with E-state index in [9.17, 15) is 22.0 Å². The Bertz CT molecular complexity index is 924. The van der Waals surface area contributed by atoms with E-state index in [2.05, 4.69) is 18.4 Å². The zero-order valence-corrected chi connectivity index (χ0v) is 14.7. The van der Waals surface area contributed by atoms with Gasteiger partial charge in [0.25, 0.3) is 0 Å². The summed E-state index contributed by atoms with van der Waals surface area (Å²) in [6.07, 6.45) is 2.31. The number of fused-ring (bicyclic) bond motifs is 1. The normalized spacial score (nSPS) is 25.1. The van der Waals surface area contributed by atoms with Crippen molar-refractivity contribution in [2.24, 2.45) is 5.92 Å². The molecule has 2 aromatic carbocycles. The maximum atomic E-state index is 14.9. The van der Waals surface area contributed by atoms with E-state index >= 15 is 0 Å². The summed E-state index contributed by atoms with van der Waals surface area (Å²) in [5, 5.41) is 0.0107. The van der Waals surface area contributed by atoms with Crippen LogP contribution in [0.5, 0.6) is 0 Å². The molecule has 0 aromatic heterocycles. The van der Waals surface area contributed by atoms with Gasteiger partial charge in [-0.3, -0.25) is 0 Å². The molecule has 0 saturated heterocycles. The van der Waals surface area contributed by atoms with Gasteiger partial charge in [-0.2, -0.15) is 0 Å². The van der Waals surface area contributed by atoms with Crippen molar-refractivity contribution >= 4 is 10.8 Å². The molecule has 142 valence electrons. The van der Waals surface area contributed by atoms with Gasteiger partial charge >= 0.3 is 0 Å².